The second-order valence-electron chi connectivity index (χ2n) is 9.71. The molecule has 0 aromatic heterocycles. The van der Waals surface area contributed by atoms with Gasteiger partial charge in [-0.05, 0) is 54.0 Å². The Morgan fingerprint density at radius 1 is 1.15 bits per heavy atom. The molecule has 0 spiro atoms. The number of benzene rings is 2. The van der Waals surface area contributed by atoms with Crippen LogP contribution < -0.4 is 11.1 Å². The zero-order valence-corrected chi connectivity index (χ0v) is 22.6. The summed E-state index contributed by atoms with van der Waals surface area (Å²) in [5, 5.41) is 2.83. The van der Waals surface area contributed by atoms with E-state index in [1.54, 1.807) is 19.3 Å². The molecule has 3 N–H and O–H groups in total. The normalized spacial score (nSPS) is 15.3. The van der Waals surface area contributed by atoms with Gasteiger partial charge in [-0.25, -0.2) is 9.18 Å². The van der Waals surface area contributed by atoms with Gasteiger partial charge >= 0.3 is 5.97 Å². The Labute approximate surface area is 229 Å². The number of halogens is 1. The van der Waals surface area contributed by atoms with Crippen LogP contribution >= 0.6 is 0 Å². The van der Waals surface area contributed by atoms with E-state index in [0.29, 0.717) is 45.2 Å². The van der Waals surface area contributed by atoms with Crippen LogP contribution in [0.2, 0.25) is 0 Å². The molecule has 1 atom stereocenters. The molecule has 1 heterocycles. The van der Waals surface area contributed by atoms with Crippen LogP contribution in [0.1, 0.15) is 42.4 Å². The molecule has 0 aliphatic carbocycles. The number of carbonyl (C=O) groups is 3. The van der Waals surface area contributed by atoms with Gasteiger partial charge in [-0.1, -0.05) is 36.4 Å². The Morgan fingerprint density at radius 2 is 1.87 bits per heavy atom. The second kappa shape index (κ2) is 14.8. The summed E-state index contributed by atoms with van der Waals surface area (Å²) >= 11 is 0. The van der Waals surface area contributed by atoms with Crippen molar-refractivity contribution in [1.29, 1.82) is 0 Å². The van der Waals surface area contributed by atoms with Crippen molar-refractivity contribution in [1.82, 2.24) is 10.2 Å². The summed E-state index contributed by atoms with van der Waals surface area (Å²) in [5.41, 5.74) is 9.01. The van der Waals surface area contributed by atoms with Gasteiger partial charge in [0.25, 0.3) is 0 Å². The van der Waals surface area contributed by atoms with Gasteiger partial charge in [0, 0.05) is 57.4 Å². The number of piperidine rings is 1. The summed E-state index contributed by atoms with van der Waals surface area (Å²) in [6.45, 7) is 1.16. The van der Waals surface area contributed by atoms with Gasteiger partial charge in [-0.2, -0.15) is 0 Å². The first-order valence-corrected chi connectivity index (χ1v) is 13.2. The maximum atomic E-state index is 13.4. The van der Waals surface area contributed by atoms with Crippen molar-refractivity contribution in [3.8, 4) is 0 Å². The molecular weight excluding hydrogens is 499 g/mol. The lowest BCUT2D eigenvalue weighted by atomic mass is 9.92. The number of methoxy groups -OCH3 is 1. The van der Waals surface area contributed by atoms with E-state index in [-0.39, 0.29) is 30.0 Å². The molecule has 3 rings (SSSR count). The van der Waals surface area contributed by atoms with Crippen LogP contribution in [0.15, 0.2) is 59.7 Å². The SMILES string of the molecule is CN=CC(=CN)c1ccc(C[C@H](NC(=O)CC2CCN(C(=O)CCc3cccc(F)c3)CC2)C(=O)OC)cc1. The van der Waals surface area contributed by atoms with Crippen LogP contribution in [0.5, 0.6) is 0 Å². The zero-order valence-electron chi connectivity index (χ0n) is 22.6. The average Bonchev–Trinajstić information content (AvgIpc) is 2.94. The minimum atomic E-state index is -0.806. The largest absolute Gasteiger partial charge is 0.467 e. The maximum Gasteiger partial charge on any atom is 0.328 e. The summed E-state index contributed by atoms with van der Waals surface area (Å²) in [6, 6.07) is 13.0. The zero-order chi connectivity index (χ0) is 28.2. The Balaban J connectivity index is 1.48. The molecule has 0 radical (unpaired) electrons. The number of nitrogens with two attached hydrogens (primary N) is 1. The molecule has 0 bridgehead atoms. The third kappa shape index (κ3) is 9.05. The van der Waals surface area contributed by atoms with Crippen LogP contribution in [-0.2, 0) is 32.0 Å². The molecule has 1 saturated heterocycles. The van der Waals surface area contributed by atoms with Gasteiger partial charge in [0.1, 0.15) is 11.9 Å². The topological polar surface area (TPSA) is 114 Å². The number of allylic oxidation sites excluding steroid dienone is 1. The molecule has 1 fully saturated rings. The Hall–Kier alpha value is -4.01. The molecule has 1 aliphatic rings. The van der Waals surface area contributed by atoms with Crippen molar-refractivity contribution >= 4 is 29.6 Å². The van der Waals surface area contributed by atoms with E-state index in [1.165, 1.54) is 25.4 Å². The first kappa shape index (κ1) is 29.5. The number of likely N-dealkylation sites (tertiary alicyclic amines) is 1. The van der Waals surface area contributed by atoms with Crippen molar-refractivity contribution in [3.63, 3.8) is 0 Å². The van der Waals surface area contributed by atoms with E-state index in [0.717, 1.165) is 22.3 Å². The van der Waals surface area contributed by atoms with Crippen molar-refractivity contribution in [2.24, 2.45) is 16.6 Å². The van der Waals surface area contributed by atoms with E-state index in [1.807, 2.05) is 35.2 Å². The molecule has 39 heavy (non-hydrogen) atoms. The highest BCUT2D eigenvalue weighted by Crippen LogP contribution is 2.22. The number of aryl methyl sites for hydroxylation is 1. The molecule has 1 aliphatic heterocycles. The number of esters is 1. The van der Waals surface area contributed by atoms with E-state index < -0.39 is 12.0 Å². The predicted molar refractivity (Wildman–Crippen MR) is 149 cm³/mol. The van der Waals surface area contributed by atoms with Gasteiger partial charge < -0.3 is 20.7 Å². The van der Waals surface area contributed by atoms with E-state index >= 15 is 0 Å². The van der Waals surface area contributed by atoms with Crippen molar-refractivity contribution < 1.29 is 23.5 Å². The molecule has 0 saturated carbocycles. The van der Waals surface area contributed by atoms with Crippen LogP contribution in [0.25, 0.3) is 5.57 Å². The van der Waals surface area contributed by atoms with Crippen molar-refractivity contribution in [2.45, 2.75) is 44.6 Å². The standard InChI is InChI=1S/C30H37FN4O4/c1-33-20-25(19-32)24-9-6-22(7-10-24)17-27(30(38)39-2)34-28(36)18-23-12-14-35(15-13-23)29(37)11-8-21-4-3-5-26(31)16-21/h3-7,9-10,16,19-20,23,27H,8,11-15,17-18,32H2,1-2H3,(H,34,36)/t27-/m0/s1. The Kier molecular flexibility index (Phi) is 11.2. The highest BCUT2D eigenvalue weighted by Gasteiger charge is 2.27. The molecule has 208 valence electrons. The van der Waals surface area contributed by atoms with Gasteiger partial charge in [0.15, 0.2) is 0 Å². The molecule has 8 nitrogen and oxygen atoms in total. The van der Waals surface area contributed by atoms with Crippen LogP contribution in [-0.4, -0.2) is 62.2 Å². The lowest BCUT2D eigenvalue weighted by molar-refractivity contribution is -0.145. The van der Waals surface area contributed by atoms with E-state index in [4.69, 9.17) is 10.5 Å². The summed E-state index contributed by atoms with van der Waals surface area (Å²) in [6.07, 6.45) is 5.95. The quantitative estimate of drug-likeness (QED) is 0.338. The highest BCUT2D eigenvalue weighted by molar-refractivity contribution is 6.09. The number of carbonyl (C=O) groups excluding carboxylic acids is 3. The van der Waals surface area contributed by atoms with Crippen LogP contribution in [0.4, 0.5) is 4.39 Å². The lowest BCUT2D eigenvalue weighted by Crippen LogP contribution is -2.44. The van der Waals surface area contributed by atoms with Crippen molar-refractivity contribution in [2.75, 3.05) is 27.2 Å². The second-order valence-corrected chi connectivity index (χ2v) is 9.71. The molecule has 2 aromatic rings. The number of aliphatic imine (C=N–C) groups is 1. The van der Waals surface area contributed by atoms with Gasteiger partial charge in [0.2, 0.25) is 11.8 Å². The van der Waals surface area contributed by atoms with E-state index in [2.05, 4.69) is 10.3 Å². The molecule has 2 aromatic carbocycles. The highest BCUT2D eigenvalue weighted by atomic mass is 19.1. The molecule has 2 amide bonds. The first-order chi connectivity index (χ1) is 18.8. The van der Waals surface area contributed by atoms with Gasteiger partial charge in [-0.15, -0.1) is 0 Å². The molecule has 0 unspecified atom stereocenters. The van der Waals surface area contributed by atoms with Crippen LogP contribution in [0.3, 0.4) is 0 Å². The third-order valence-corrected chi connectivity index (χ3v) is 6.95. The third-order valence-electron chi connectivity index (χ3n) is 6.95. The van der Waals surface area contributed by atoms with Crippen LogP contribution in [0, 0.1) is 11.7 Å². The fourth-order valence-corrected chi connectivity index (χ4v) is 4.76. The summed E-state index contributed by atoms with van der Waals surface area (Å²) in [4.78, 5) is 43.6. The monoisotopic (exact) mass is 536 g/mol. The average molecular weight is 537 g/mol. The number of amides is 2. The predicted octanol–water partition coefficient (Wildman–Crippen LogP) is 3.29. The van der Waals surface area contributed by atoms with Gasteiger partial charge in [-0.3, -0.25) is 14.6 Å². The maximum absolute atomic E-state index is 13.4. The Morgan fingerprint density at radius 3 is 2.49 bits per heavy atom. The number of hydrogen-bond acceptors (Lipinski definition) is 6. The summed E-state index contributed by atoms with van der Waals surface area (Å²) in [7, 11) is 2.97. The number of rotatable bonds is 11. The smallest absolute Gasteiger partial charge is 0.328 e. The number of hydrogen-bond donors (Lipinski definition) is 2. The molecular formula is C30H37FN4O4. The number of nitrogens with zero attached hydrogens (tertiary/aromatic N) is 2. The summed E-state index contributed by atoms with van der Waals surface area (Å²) in [5.74, 6) is -0.869. The lowest BCUT2D eigenvalue weighted by Gasteiger charge is -2.32. The fraction of sp³-hybridized carbons (Fsp3) is 0.400. The minimum Gasteiger partial charge on any atom is -0.467 e. The fourth-order valence-electron chi connectivity index (χ4n) is 4.76. The number of ether oxygens (including phenoxy) is 1. The first-order valence-electron chi connectivity index (χ1n) is 13.2. The Bertz CT molecular complexity index is 1190. The summed E-state index contributed by atoms with van der Waals surface area (Å²) < 4.78 is 18.3. The number of nitrogens with one attached hydrogen (secondary N) is 1. The minimum absolute atomic E-state index is 0.0370. The van der Waals surface area contributed by atoms with Gasteiger partial charge in [0.05, 0.1) is 7.11 Å². The van der Waals surface area contributed by atoms with Crippen molar-refractivity contribution in [3.05, 3.63) is 77.2 Å². The van der Waals surface area contributed by atoms with E-state index in [9.17, 15) is 18.8 Å². The molecule has 9 heteroatoms.